The number of hydrogen-bond acceptors (Lipinski definition) is 2. The maximum Gasteiger partial charge on any atom is 0.187 e. The maximum atomic E-state index is 13.1. The quantitative estimate of drug-likeness (QED) is 0.601. The molecule has 0 atom stereocenters. The first-order valence-corrected chi connectivity index (χ1v) is 6.24. The number of nitrogens with one attached hydrogen (secondary N) is 2. The zero-order chi connectivity index (χ0) is 14.5. The molecule has 0 saturated heterocycles. The summed E-state index contributed by atoms with van der Waals surface area (Å²) in [5.74, 6) is -3.09. The van der Waals surface area contributed by atoms with E-state index in [1.165, 1.54) is 0 Å². The van der Waals surface area contributed by atoms with Crippen molar-refractivity contribution in [2.75, 3.05) is 5.32 Å². The molecule has 0 saturated carbocycles. The van der Waals surface area contributed by atoms with Gasteiger partial charge in [-0.1, -0.05) is 30.3 Å². The predicted octanol–water partition coefficient (Wildman–Crippen LogP) is 3.16. The van der Waals surface area contributed by atoms with E-state index in [0.717, 1.165) is 17.7 Å². The summed E-state index contributed by atoms with van der Waals surface area (Å²) >= 11 is 5.02. The van der Waals surface area contributed by atoms with Gasteiger partial charge in [-0.2, -0.15) is 0 Å². The van der Waals surface area contributed by atoms with E-state index in [2.05, 4.69) is 10.6 Å². The fourth-order valence-electron chi connectivity index (χ4n) is 1.59. The van der Waals surface area contributed by atoms with E-state index in [1.807, 2.05) is 30.3 Å². The van der Waals surface area contributed by atoms with E-state index >= 15 is 0 Å². The molecule has 0 heterocycles. The van der Waals surface area contributed by atoms with Gasteiger partial charge in [-0.15, -0.1) is 0 Å². The van der Waals surface area contributed by atoms with Gasteiger partial charge >= 0.3 is 0 Å². The van der Waals surface area contributed by atoms with Gasteiger partial charge in [0.2, 0.25) is 0 Å². The lowest BCUT2D eigenvalue weighted by molar-refractivity contribution is 0.396. The molecular formula is C14H12F2N2OS. The fourth-order valence-corrected chi connectivity index (χ4v) is 1.78. The Bertz CT molecular complexity index is 597. The lowest BCUT2D eigenvalue weighted by atomic mass is 10.2. The molecule has 0 aliphatic carbocycles. The number of phenolic OH excluding ortho intramolecular Hbond substituents is 1. The van der Waals surface area contributed by atoms with E-state index in [0.29, 0.717) is 6.54 Å². The average molecular weight is 294 g/mol. The molecule has 6 heteroatoms. The number of rotatable bonds is 3. The summed E-state index contributed by atoms with van der Waals surface area (Å²) < 4.78 is 26.3. The summed E-state index contributed by atoms with van der Waals surface area (Å²) in [5, 5.41) is 14.8. The number of halogens is 2. The zero-order valence-corrected chi connectivity index (χ0v) is 11.2. The third-order valence-electron chi connectivity index (χ3n) is 2.57. The van der Waals surface area contributed by atoms with Crippen LogP contribution >= 0.6 is 12.2 Å². The van der Waals surface area contributed by atoms with Gasteiger partial charge < -0.3 is 15.7 Å². The maximum absolute atomic E-state index is 13.1. The minimum atomic E-state index is -1.04. The molecule has 20 heavy (non-hydrogen) atoms. The highest BCUT2D eigenvalue weighted by atomic mass is 32.1. The van der Waals surface area contributed by atoms with Crippen molar-refractivity contribution in [3.8, 4) is 5.75 Å². The van der Waals surface area contributed by atoms with Crippen LogP contribution in [0.1, 0.15) is 5.56 Å². The Balaban J connectivity index is 1.95. The molecule has 0 fully saturated rings. The van der Waals surface area contributed by atoms with Gasteiger partial charge in [0, 0.05) is 24.4 Å². The summed E-state index contributed by atoms with van der Waals surface area (Å²) in [7, 11) is 0. The molecular weight excluding hydrogens is 282 g/mol. The van der Waals surface area contributed by atoms with Crippen molar-refractivity contribution in [3.63, 3.8) is 0 Å². The lowest BCUT2D eigenvalue weighted by Gasteiger charge is -2.11. The van der Waals surface area contributed by atoms with Crippen LogP contribution in [0.25, 0.3) is 0 Å². The van der Waals surface area contributed by atoms with Crippen molar-refractivity contribution in [1.82, 2.24) is 5.32 Å². The molecule has 2 rings (SSSR count). The van der Waals surface area contributed by atoms with Crippen LogP contribution in [-0.4, -0.2) is 10.2 Å². The Kier molecular flexibility index (Phi) is 4.47. The van der Waals surface area contributed by atoms with Crippen LogP contribution in [0.3, 0.4) is 0 Å². The number of anilines is 1. The largest absolute Gasteiger partial charge is 0.503 e. The van der Waals surface area contributed by atoms with Crippen LogP contribution in [0.4, 0.5) is 14.5 Å². The van der Waals surface area contributed by atoms with Crippen LogP contribution in [0.2, 0.25) is 0 Å². The molecule has 0 aliphatic heterocycles. The van der Waals surface area contributed by atoms with E-state index in [-0.39, 0.29) is 10.8 Å². The first-order valence-electron chi connectivity index (χ1n) is 5.83. The molecule has 0 bridgehead atoms. The molecule has 0 spiro atoms. The summed E-state index contributed by atoms with van der Waals surface area (Å²) in [6.45, 7) is 0.496. The van der Waals surface area contributed by atoms with Gasteiger partial charge in [-0.25, -0.2) is 8.78 Å². The Morgan fingerprint density at radius 2 is 1.70 bits per heavy atom. The van der Waals surface area contributed by atoms with Crippen LogP contribution in [0.15, 0.2) is 42.5 Å². The number of phenols is 1. The monoisotopic (exact) mass is 294 g/mol. The van der Waals surface area contributed by atoms with Crippen LogP contribution in [-0.2, 0) is 6.54 Å². The van der Waals surface area contributed by atoms with Gasteiger partial charge in [0.15, 0.2) is 22.5 Å². The molecule has 3 N–H and O–H groups in total. The lowest BCUT2D eigenvalue weighted by Crippen LogP contribution is -2.27. The number of thiocarbonyl (C=S) groups is 1. The minimum Gasteiger partial charge on any atom is -0.503 e. The van der Waals surface area contributed by atoms with Gasteiger partial charge in [-0.05, 0) is 17.8 Å². The average Bonchev–Trinajstić information content (AvgIpc) is 2.43. The predicted molar refractivity (Wildman–Crippen MR) is 77.5 cm³/mol. The molecule has 2 aromatic rings. The smallest absolute Gasteiger partial charge is 0.187 e. The van der Waals surface area contributed by atoms with E-state index in [1.54, 1.807) is 0 Å². The van der Waals surface area contributed by atoms with Crippen molar-refractivity contribution in [3.05, 3.63) is 59.7 Å². The van der Waals surface area contributed by atoms with E-state index < -0.39 is 17.4 Å². The van der Waals surface area contributed by atoms with Gasteiger partial charge in [0.05, 0.1) is 0 Å². The van der Waals surface area contributed by atoms with E-state index in [9.17, 15) is 8.78 Å². The summed E-state index contributed by atoms with van der Waals surface area (Å²) in [5.41, 5.74) is 1.16. The third kappa shape index (κ3) is 3.64. The zero-order valence-electron chi connectivity index (χ0n) is 10.4. The van der Waals surface area contributed by atoms with Gasteiger partial charge in [0.25, 0.3) is 0 Å². The molecule has 104 valence electrons. The summed E-state index contributed by atoms with van der Waals surface area (Å²) in [6.07, 6.45) is 0. The second-order valence-corrected chi connectivity index (χ2v) is 4.49. The summed E-state index contributed by atoms with van der Waals surface area (Å²) in [6, 6.07) is 11.5. The van der Waals surface area contributed by atoms with Crippen LogP contribution in [0, 0.1) is 11.6 Å². The fraction of sp³-hybridized carbons (Fsp3) is 0.0714. The second-order valence-electron chi connectivity index (χ2n) is 4.08. The van der Waals surface area contributed by atoms with Crippen molar-refractivity contribution < 1.29 is 13.9 Å². The van der Waals surface area contributed by atoms with Crippen LogP contribution < -0.4 is 10.6 Å². The Hall–Kier alpha value is -2.21. The summed E-state index contributed by atoms with van der Waals surface area (Å²) in [4.78, 5) is 0. The molecule has 0 unspecified atom stereocenters. The van der Waals surface area contributed by atoms with E-state index in [4.69, 9.17) is 17.3 Å². The minimum absolute atomic E-state index is 0.128. The van der Waals surface area contributed by atoms with Crippen molar-refractivity contribution in [2.45, 2.75) is 6.54 Å². The highest BCUT2D eigenvalue weighted by Gasteiger charge is 2.10. The molecule has 2 aromatic carbocycles. The highest BCUT2D eigenvalue weighted by molar-refractivity contribution is 7.80. The standard InChI is InChI=1S/C14H12F2N2OS/c15-11-6-10(7-12(16)13(11)19)18-14(20)17-8-9-4-2-1-3-5-9/h1-7,19H,8H2,(H2,17,18,20). The SMILES string of the molecule is Oc1c(F)cc(NC(=S)NCc2ccccc2)cc1F. The number of hydrogen-bond donors (Lipinski definition) is 3. The molecule has 0 radical (unpaired) electrons. The second kappa shape index (κ2) is 6.29. The molecule has 0 aromatic heterocycles. The van der Waals surface area contributed by atoms with Gasteiger partial charge in [-0.3, -0.25) is 0 Å². The van der Waals surface area contributed by atoms with Crippen LogP contribution in [0.5, 0.6) is 5.75 Å². The Morgan fingerprint density at radius 1 is 1.10 bits per heavy atom. The number of benzene rings is 2. The Morgan fingerprint density at radius 3 is 2.30 bits per heavy atom. The normalized spacial score (nSPS) is 10.1. The Labute approximate surface area is 120 Å². The highest BCUT2D eigenvalue weighted by Crippen LogP contribution is 2.23. The first kappa shape index (κ1) is 14.2. The molecule has 3 nitrogen and oxygen atoms in total. The first-order chi connectivity index (χ1) is 9.56. The third-order valence-corrected chi connectivity index (χ3v) is 2.82. The van der Waals surface area contributed by atoms with Crippen molar-refractivity contribution >= 4 is 23.0 Å². The van der Waals surface area contributed by atoms with Gasteiger partial charge in [0.1, 0.15) is 0 Å². The molecule has 0 amide bonds. The van der Waals surface area contributed by atoms with Crippen molar-refractivity contribution in [1.29, 1.82) is 0 Å². The topological polar surface area (TPSA) is 44.3 Å². The molecule has 0 aliphatic rings. The number of aromatic hydroxyl groups is 1. The van der Waals surface area contributed by atoms with Crippen molar-refractivity contribution in [2.24, 2.45) is 0 Å².